The largest absolute Gasteiger partial charge is 0.338 e. The van der Waals surface area contributed by atoms with Crippen molar-refractivity contribution in [1.82, 2.24) is 15.2 Å². The van der Waals surface area contributed by atoms with Gasteiger partial charge in [-0.05, 0) is 37.0 Å². The van der Waals surface area contributed by atoms with E-state index in [1.807, 2.05) is 29.3 Å². The molecule has 1 saturated heterocycles. The van der Waals surface area contributed by atoms with Crippen LogP contribution >= 0.6 is 0 Å². The van der Waals surface area contributed by atoms with Crippen molar-refractivity contribution in [3.63, 3.8) is 0 Å². The molecule has 1 aromatic heterocycles. The first kappa shape index (κ1) is 12.9. The van der Waals surface area contributed by atoms with Gasteiger partial charge in [-0.2, -0.15) is 0 Å². The maximum Gasteiger partial charge on any atom is 0.317 e. The molecule has 2 aromatic rings. The summed E-state index contributed by atoms with van der Waals surface area (Å²) in [4.78, 5) is 18.2. The maximum atomic E-state index is 11.8. The summed E-state index contributed by atoms with van der Waals surface area (Å²) < 4.78 is 0. The third-order valence-electron chi connectivity index (χ3n) is 3.73. The van der Waals surface area contributed by atoms with Gasteiger partial charge in [-0.1, -0.05) is 18.2 Å². The van der Waals surface area contributed by atoms with Gasteiger partial charge in [0.05, 0.1) is 5.52 Å². The van der Waals surface area contributed by atoms with Crippen molar-refractivity contribution in [2.75, 3.05) is 19.6 Å². The summed E-state index contributed by atoms with van der Waals surface area (Å²) in [7, 11) is 0. The first-order chi connectivity index (χ1) is 9.83. The second-order valence-electron chi connectivity index (χ2n) is 5.21. The number of fused-ring (bicyclic) bond motifs is 1. The lowest BCUT2D eigenvalue weighted by Gasteiger charge is -2.16. The van der Waals surface area contributed by atoms with Crippen LogP contribution in [0.2, 0.25) is 0 Å². The second-order valence-corrected chi connectivity index (χ2v) is 5.21. The number of carbonyl (C=O) groups excluding carboxylic acids is 1. The van der Waals surface area contributed by atoms with E-state index in [2.05, 4.69) is 22.4 Å². The smallest absolute Gasteiger partial charge is 0.317 e. The number of nitrogens with one attached hydrogen (secondary N) is 1. The summed E-state index contributed by atoms with van der Waals surface area (Å²) in [5, 5.41) is 4.13. The standard InChI is InChI=1S/C16H19N3O/c20-16(19-9-3-4-10-19)17-8-7-13-11-14-5-1-2-6-15(14)18-12-13/h1-2,5-6,11-12H,3-4,7-10H2,(H,17,20). The highest BCUT2D eigenvalue weighted by Gasteiger charge is 2.16. The highest BCUT2D eigenvalue weighted by molar-refractivity contribution is 5.78. The molecule has 1 aliphatic heterocycles. The molecule has 0 aliphatic carbocycles. The van der Waals surface area contributed by atoms with Crippen molar-refractivity contribution in [1.29, 1.82) is 0 Å². The number of benzene rings is 1. The van der Waals surface area contributed by atoms with Gasteiger partial charge in [0.25, 0.3) is 0 Å². The third kappa shape index (κ3) is 2.90. The van der Waals surface area contributed by atoms with E-state index < -0.39 is 0 Å². The summed E-state index contributed by atoms with van der Waals surface area (Å²) in [5.74, 6) is 0. The topological polar surface area (TPSA) is 45.2 Å². The molecule has 1 aromatic carbocycles. The lowest BCUT2D eigenvalue weighted by molar-refractivity contribution is 0.209. The number of urea groups is 1. The van der Waals surface area contributed by atoms with E-state index in [1.54, 1.807) is 0 Å². The van der Waals surface area contributed by atoms with Crippen LogP contribution in [0.25, 0.3) is 10.9 Å². The molecule has 1 N–H and O–H groups in total. The predicted octanol–water partition coefficient (Wildman–Crippen LogP) is 2.58. The minimum Gasteiger partial charge on any atom is -0.338 e. The van der Waals surface area contributed by atoms with Crippen LogP contribution in [0.3, 0.4) is 0 Å². The number of pyridine rings is 1. The van der Waals surface area contributed by atoms with Crippen LogP contribution < -0.4 is 5.32 Å². The minimum absolute atomic E-state index is 0.0660. The van der Waals surface area contributed by atoms with Gasteiger partial charge in [0.1, 0.15) is 0 Å². The molecule has 2 heterocycles. The molecule has 4 heteroatoms. The van der Waals surface area contributed by atoms with Gasteiger partial charge in [-0.15, -0.1) is 0 Å². The number of hydrogen-bond acceptors (Lipinski definition) is 2. The van der Waals surface area contributed by atoms with Crippen LogP contribution in [0, 0.1) is 0 Å². The molecule has 0 radical (unpaired) electrons. The average molecular weight is 269 g/mol. The van der Waals surface area contributed by atoms with E-state index >= 15 is 0 Å². The number of aromatic nitrogens is 1. The Morgan fingerprint density at radius 1 is 1.25 bits per heavy atom. The molecule has 0 atom stereocenters. The van der Waals surface area contributed by atoms with Crippen LogP contribution in [0.5, 0.6) is 0 Å². The van der Waals surface area contributed by atoms with Gasteiger partial charge < -0.3 is 10.2 Å². The van der Waals surface area contributed by atoms with Gasteiger partial charge in [-0.3, -0.25) is 4.98 Å². The average Bonchev–Trinajstić information content (AvgIpc) is 3.01. The predicted molar refractivity (Wildman–Crippen MR) is 79.7 cm³/mol. The van der Waals surface area contributed by atoms with E-state index in [4.69, 9.17) is 0 Å². The first-order valence-electron chi connectivity index (χ1n) is 7.19. The van der Waals surface area contributed by atoms with Crippen molar-refractivity contribution in [3.05, 3.63) is 42.1 Å². The molecule has 1 aliphatic rings. The van der Waals surface area contributed by atoms with Gasteiger partial charge in [0.15, 0.2) is 0 Å². The zero-order valence-corrected chi connectivity index (χ0v) is 11.5. The number of nitrogens with zero attached hydrogens (tertiary/aromatic N) is 2. The number of para-hydroxylation sites is 1. The zero-order valence-electron chi connectivity index (χ0n) is 11.5. The summed E-state index contributed by atoms with van der Waals surface area (Å²) in [6, 6.07) is 10.3. The van der Waals surface area contributed by atoms with Gasteiger partial charge in [0.2, 0.25) is 0 Å². The number of hydrogen-bond donors (Lipinski definition) is 1. The lowest BCUT2D eigenvalue weighted by atomic mass is 10.1. The second kappa shape index (κ2) is 5.90. The summed E-state index contributed by atoms with van der Waals surface area (Å²) in [6.45, 7) is 2.45. The third-order valence-corrected chi connectivity index (χ3v) is 3.73. The van der Waals surface area contributed by atoms with Crippen molar-refractivity contribution in [2.45, 2.75) is 19.3 Å². The van der Waals surface area contributed by atoms with Gasteiger partial charge >= 0.3 is 6.03 Å². The van der Waals surface area contributed by atoms with Gasteiger partial charge in [-0.25, -0.2) is 4.79 Å². The van der Waals surface area contributed by atoms with Crippen molar-refractivity contribution in [2.24, 2.45) is 0 Å². The number of carbonyl (C=O) groups is 1. The minimum atomic E-state index is 0.0660. The van der Waals surface area contributed by atoms with Crippen LogP contribution in [-0.4, -0.2) is 35.5 Å². The van der Waals surface area contributed by atoms with E-state index in [-0.39, 0.29) is 6.03 Å². The Balaban J connectivity index is 1.55. The molecule has 20 heavy (non-hydrogen) atoms. The van der Waals surface area contributed by atoms with Crippen LogP contribution in [-0.2, 0) is 6.42 Å². The Morgan fingerprint density at radius 2 is 2.05 bits per heavy atom. The molecule has 3 rings (SSSR count). The SMILES string of the molecule is O=C(NCCc1cnc2ccccc2c1)N1CCCC1. The highest BCUT2D eigenvalue weighted by atomic mass is 16.2. The Morgan fingerprint density at radius 3 is 2.90 bits per heavy atom. The summed E-state index contributed by atoms with van der Waals surface area (Å²) in [6.07, 6.45) is 4.96. The fourth-order valence-electron chi connectivity index (χ4n) is 2.60. The van der Waals surface area contributed by atoms with E-state index in [9.17, 15) is 4.79 Å². The Bertz CT molecular complexity index is 605. The van der Waals surface area contributed by atoms with Crippen LogP contribution in [0.15, 0.2) is 36.5 Å². The molecule has 0 unspecified atom stereocenters. The van der Waals surface area contributed by atoms with Gasteiger partial charge in [0, 0.05) is 31.2 Å². The molecule has 4 nitrogen and oxygen atoms in total. The first-order valence-corrected chi connectivity index (χ1v) is 7.19. The van der Waals surface area contributed by atoms with Crippen LogP contribution in [0.4, 0.5) is 4.79 Å². The lowest BCUT2D eigenvalue weighted by Crippen LogP contribution is -2.38. The monoisotopic (exact) mass is 269 g/mol. The quantitative estimate of drug-likeness (QED) is 0.931. The Hall–Kier alpha value is -2.10. The molecular formula is C16H19N3O. The van der Waals surface area contributed by atoms with E-state index in [0.717, 1.165) is 48.8 Å². The van der Waals surface area contributed by atoms with E-state index in [1.165, 1.54) is 0 Å². The fraction of sp³-hybridized carbons (Fsp3) is 0.375. The number of rotatable bonds is 3. The molecule has 1 fully saturated rings. The summed E-state index contributed by atoms with van der Waals surface area (Å²) in [5.41, 5.74) is 2.17. The molecule has 2 amide bonds. The van der Waals surface area contributed by atoms with Crippen molar-refractivity contribution < 1.29 is 4.79 Å². The molecular weight excluding hydrogens is 250 g/mol. The van der Waals surface area contributed by atoms with E-state index in [0.29, 0.717) is 6.54 Å². The molecule has 0 saturated carbocycles. The fourth-order valence-corrected chi connectivity index (χ4v) is 2.60. The van der Waals surface area contributed by atoms with Crippen LogP contribution in [0.1, 0.15) is 18.4 Å². The maximum absolute atomic E-state index is 11.8. The number of amides is 2. The molecule has 104 valence electrons. The normalized spacial score (nSPS) is 14.7. The Labute approximate surface area is 118 Å². The zero-order chi connectivity index (χ0) is 13.8. The van der Waals surface area contributed by atoms with Crippen molar-refractivity contribution >= 4 is 16.9 Å². The number of likely N-dealkylation sites (tertiary alicyclic amines) is 1. The van der Waals surface area contributed by atoms with Crippen molar-refractivity contribution in [3.8, 4) is 0 Å². The summed E-state index contributed by atoms with van der Waals surface area (Å²) >= 11 is 0. The highest BCUT2D eigenvalue weighted by Crippen LogP contribution is 2.13. The Kier molecular flexibility index (Phi) is 3.81. The molecule has 0 spiro atoms. The molecule has 0 bridgehead atoms.